The van der Waals surface area contributed by atoms with Crippen molar-refractivity contribution in [3.8, 4) is 0 Å². The highest BCUT2D eigenvalue weighted by atomic mass is 16.2. The lowest BCUT2D eigenvalue weighted by atomic mass is 10.1. The quantitative estimate of drug-likeness (QED) is 0.760. The zero-order valence-electron chi connectivity index (χ0n) is 14.4. The smallest absolute Gasteiger partial charge is 0.247 e. The summed E-state index contributed by atoms with van der Waals surface area (Å²) in [6, 6.07) is 17.0. The van der Waals surface area contributed by atoms with Gasteiger partial charge in [-0.25, -0.2) is 0 Å². The van der Waals surface area contributed by atoms with E-state index in [2.05, 4.69) is 10.3 Å². The van der Waals surface area contributed by atoms with E-state index in [1.54, 1.807) is 4.90 Å². The Bertz CT molecular complexity index is 933. The molecular formula is C21H21N3O2. The van der Waals surface area contributed by atoms with Gasteiger partial charge < -0.3 is 15.2 Å². The number of rotatable bonds is 4. The summed E-state index contributed by atoms with van der Waals surface area (Å²) in [5, 5.41) is 3.98. The van der Waals surface area contributed by atoms with Crippen LogP contribution in [0.15, 0.2) is 60.8 Å². The zero-order valence-corrected chi connectivity index (χ0v) is 14.4. The molecular weight excluding hydrogens is 326 g/mol. The number of likely N-dealkylation sites (tertiary alicyclic amines) is 1. The maximum atomic E-state index is 12.8. The number of nitrogens with zero attached hydrogens (tertiary/aromatic N) is 1. The van der Waals surface area contributed by atoms with Gasteiger partial charge in [-0.2, -0.15) is 0 Å². The van der Waals surface area contributed by atoms with Gasteiger partial charge in [0.15, 0.2) is 0 Å². The molecule has 1 aromatic heterocycles. The molecule has 1 fully saturated rings. The zero-order chi connectivity index (χ0) is 17.9. The number of H-pyrrole nitrogens is 1. The minimum absolute atomic E-state index is 0.00806. The molecule has 1 atom stereocenters. The number of anilines is 1. The Balaban J connectivity index is 1.48. The van der Waals surface area contributed by atoms with Crippen molar-refractivity contribution in [3.63, 3.8) is 0 Å². The number of benzene rings is 2. The van der Waals surface area contributed by atoms with Crippen LogP contribution >= 0.6 is 0 Å². The van der Waals surface area contributed by atoms with E-state index in [1.165, 1.54) is 0 Å². The van der Waals surface area contributed by atoms with Crippen LogP contribution in [0.1, 0.15) is 18.4 Å². The van der Waals surface area contributed by atoms with Gasteiger partial charge in [0.2, 0.25) is 11.8 Å². The Kier molecular flexibility index (Phi) is 4.44. The molecule has 1 unspecified atom stereocenters. The molecule has 0 radical (unpaired) electrons. The summed E-state index contributed by atoms with van der Waals surface area (Å²) >= 11 is 0. The van der Waals surface area contributed by atoms with E-state index in [-0.39, 0.29) is 11.8 Å². The monoisotopic (exact) mass is 347 g/mol. The molecule has 5 nitrogen and oxygen atoms in total. The average Bonchev–Trinajstić information content (AvgIpc) is 3.32. The van der Waals surface area contributed by atoms with E-state index >= 15 is 0 Å². The highest BCUT2D eigenvalue weighted by molar-refractivity contribution is 6.04. The van der Waals surface area contributed by atoms with Crippen molar-refractivity contribution in [2.45, 2.75) is 25.3 Å². The number of fused-ring (bicyclic) bond motifs is 1. The fourth-order valence-electron chi connectivity index (χ4n) is 3.62. The van der Waals surface area contributed by atoms with Gasteiger partial charge in [-0.1, -0.05) is 36.4 Å². The van der Waals surface area contributed by atoms with Crippen LogP contribution in [0, 0.1) is 0 Å². The van der Waals surface area contributed by atoms with Crippen LogP contribution in [-0.4, -0.2) is 34.3 Å². The molecule has 5 heteroatoms. The SMILES string of the molecule is O=C(Nc1cccc2[nH]ccc12)C1CCCN1C(=O)Cc1ccccc1. The summed E-state index contributed by atoms with van der Waals surface area (Å²) in [5.41, 5.74) is 2.72. The van der Waals surface area contributed by atoms with E-state index in [0.29, 0.717) is 19.4 Å². The number of hydrogen-bond acceptors (Lipinski definition) is 2. The Hall–Kier alpha value is -3.08. The maximum absolute atomic E-state index is 12.8. The van der Waals surface area contributed by atoms with Crippen LogP contribution in [0.3, 0.4) is 0 Å². The van der Waals surface area contributed by atoms with Crippen molar-refractivity contribution in [2.75, 3.05) is 11.9 Å². The largest absolute Gasteiger partial charge is 0.361 e. The highest BCUT2D eigenvalue weighted by Gasteiger charge is 2.34. The van der Waals surface area contributed by atoms with Gasteiger partial charge in [0.05, 0.1) is 12.1 Å². The van der Waals surface area contributed by atoms with Gasteiger partial charge in [-0.15, -0.1) is 0 Å². The standard InChI is InChI=1S/C21H21N3O2/c25-20(14-15-6-2-1-3-7-15)24-13-5-10-19(24)21(26)23-18-9-4-8-17-16(18)11-12-22-17/h1-4,6-9,11-12,19,22H,5,10,13-14H2,(H,23,26). The number of hydrogen-bond donors (Lipinski definition) is 2. The number of amides is 2. The lowest BCUT2D eigenvalue weighted by Gasteiger charge is -2.24. The Labute approximate surface area is 152 Å². The number of carbonyl (C=O) groups is 2. The molecule has 2 aromatic carbocycles. The van der Waals surface area contributed by atoms with Gasteiger partial charge in [0.25, 0.3) is 0 Å². The second-order valence-corrected chi connectivity index (χ2v) is 6.64. The number of carbonyl (C=O) groups excluding carboxylic acids is 2. The van der Waals surface area contributed by atoms with Crippen LogP contribution in [0.5, 0.6) is 0 Å². The molecule has 1 aliphatic rings. The molecule has 2 N–H and O–H groups in total. The molecule has 0 bridgehead atoms. The lowest BCUT2D eigenvalue weighted by molar-refractivity contribution is -0.136. The van der Waals surface area contributed by atoms with Crippen LogP contribution in [0.25, 0.3) is 10.9 Å². The minimum atomic E-state index is -0.402. The third kappa shape index (κ3) is 3.20. The highest BCUT2D eigenvalue weighted by Crippen LogP contribution is 2.25. The molecule has 2 heterocycles. The van der Waals surface area contributed by atoms with Crippen molar-refractivity contribution in [2.24, 2.45) is 0 Å². The van der Waals surface area contributed by atoms with Gasteiger partial charge >= 0.3 is 0 Å². The van der Waals surface area contributed by atoms with Gasteiger partial charge in [0, 0.05) is 23.6 Å². The van der Waals surface area contributed by atoms with E-state index < -0.39 is 6.04 Å². The first kappa shape index (κ1) is 16.4. The van der Waals surface area contributed by atoms with Crippen LogP contribution in [0.2, 0.25) is 0 Å². The Morgan fingerprint density at radius 2 is 1.92 bits per heavy atom. The van der Waals surface area contributed by atoms with Crippen LogP contribution in [-0.2, 0) is 16.0 Å². The Morgan fingerprint density at radius 3 is 2.77 bits per heavy atom. The molecule has 1 aliphatic heterocycles. The second kappa shape index (κ2) is 7.04. The number of aromatic nitrogens is 1. The predicted molar refractivity (Wildman–Crippen MR) is 102 cm³/mol. The summed E-state index contributed by atoms with van der Waals surface area (Å²) in [7, 11) is 0. The summed E-state index contributed by atoms with van der Waals surface area (Å²) in [6.45, 7) is 0.637. The third-order valence-electron chi connectivity index (χ3n) is 4.93. The fraction of sp³-hybridized carbons (Fsp3) is 0.238. The second-order valence-electron chi connectivity index (χ2n) is 6.64. The Morgan fingerprint density at radius 1 is 1.08 bits per heavy atom. The summed E-state index contributed by atoms with van der Waals surface area (Å²) in [5.74, 6) is -0.105. The first-order valence-corrected chi connectivity index (χ1v) is 8.93. The molecule has 1 saturated heterocycles. The third-order valence-corrected chi connectivity index (χ3v) is 4.93. The van der Waals surface area contributed by atoms with E-state index in [4.69, 9.17) is 0 Å². The maximum Gasteiger partial charge on any atom is 0.247 e. The van der Waals surface area contributed by atoms with E-state index in [9.17, 15) is 9.59 Å². The molecule has 132 valence electrons. The molecule has 2 amide bonds. The fourth-order valence-corrected chi connectivity index (χ4v) is 3.62. The molecule has 3 aromatic rings. The first-order valence-electron chi connectivity index (χ1n) is 8.93. The van der Waals surface area contributed by atoms with Gasteiger partial charge in [0.1, 0.15) is 6.04 Å². The predicted octanol–water partition coefficient (Wildman–Crippen LogP) is 3.34. The van der Waals surface area contributed by atoms with Gasteiger partial charge in [-0.3, -0.25) is 9.59 Å². The number of aromatic amines is 1. The average molecular weight is 347 g/mol. The summed E-state index contributed by atoms with van der Waals surface area (Å²) in [6.07, 6.45) is 3.74. The first-order chi connectivity index (χ1) is 12.7. The van der Waals surface area contributed by atoms with Crippen molar-refractivity contribution in [1.82, 2.24) is 9.88 Å². The minimum Gasteiger partial charge on any atom is -0.361 e. The van der Waals surface area contributed by atoms with Crippen LogP contribution in [0.4, 0.5) is 5.69 Å². The summed E-state index contributed by atoms with van der Waals surface area (Å²) < 4.78 is 0. The van der Waals surface area contributed by atoms with Crippen molar-refractivity contribution in [1.29, 1.82) is 0 Å². The van der Waals surface area contributed by atoms with Gasteiger partial charge in [-0.05, 0) is 36.6 Å². The molecule has 4 rings (SSSR count). The molecule has 0 aliphatic carbocycles. The van der Waals surface area contributed by atoms with Crippen LogP contribution < -0.4 is 5.32 Å². The molecule has 0 spiro atoms. The van der Waals surface area contributed by atoms with Crippen molar-refractivity contribution >= 4 is 28.4 Å². The van der Waals surface area contributed by atoms with Crippen molar-refractivity contribution in [3.05, 3.63) is 66.4 Å². The number of nitrogens with one attached hydrogen (secondary N) is 2. The molecule has 0 saturated carbocycles. The van der Waals surface area contributed by atoms with Crippen molar-refractivity contribution < 1.29 is 9.59 Å². The molecule has 26 heavy (non-hydrogen) atoms. The normalized spacial score (nSPS) is 16.8. The topological polar surface area (TPSA) is 65.2 Å². The lowest BCUT2D eigenvalue weighted by Crippen LogP contribution is -2.43. The van der Waals surface area contributed by atoms with E-state index in [1.807, 2.05) is 60.8 Å². The van der Waals surface area contributed by atoms with E-state index in [0.717, 1.165) is 28.6 Å². The summed E-state index contributed by atoms with van der Waals surface area (Å²) in [4.78, 5) is 30.4.